The van der Waals surface area contributed by atoms with Crippen LogP contribution in [0.1, 0.15) is 89.9 Å². The Morgan fingerprint density at radius 2 is 0.865 bits per heavy atom. The van der Waals surface area contributed by atoms with Gasteiger partial charge in [0.25, 0.3) is 0 Å². The van der Waals surface area contributed by atoms with Crippen molar-refractivity contribution in [3.8, 4) is 23.0 Å². The lowest BCUT2D eigenvalue weighted by Gasteiger charge is -2.25. The van der Waals surface area contributed by atoms with Gasteiger partial charge >= 0.3 is 11.9 Å². The van der Waals surface area contributed by atoms with Crippen molar-refractivity contribution in [1.82, 2.24) is 0 Å². The fourth-order valence-corrected chi connectivity index (χ4v) is 7.94. The normalized spacial score (nSPS) is 28.9. The van der Waals surface area contributed by atoms with E-state index in [0.717, 1.165) is 76.5 Å². The van der Waals surface area contributed by atoms with Crippen LogP contribution in [-0.2, 0) is 28.5 Å². The number of hydrogen-bond donors (Lipinski definition) is 0. The van der Waals surface area contributed by atoms with E-state index in [0.29, 0.717) is 86.6 Å². The Balaban J connectivity index is 0.701. The van der Waals surface area contributed by atoms with E-state index in [2.05, 4.69) is 0 Å². The lowest BCUT2D eigenvalue weighted by atomic mass is 9.82. The van der Waals surface area contributed by atoms with E-state index in [1.165, 1.54) is 25.7 Å². The molecule has 284 valence electrons. The van der Waals surface area contributed by atoms with Gasteiger partial charge in [0.15, 0.2) is 0 Å². The summed E-state index contributed by atoms with van der Waals surface area (Å²) in [5, 5.41) is 0. The number of epoxide rings is 2. The molecule has 0 aromatic heterocycles. The lowest BCUT2D eigenvalue weighted by Crippen LogP contribution is -2.30. The summed E-state index contributed by atoms with van der Waals surface area (Å²) in [4.78, 5) is 25.7. The first kappa shape index (κ1) is 37.1. The predicted molar refractivity (Wildman–Crippen MR) is 193 cm³/mol. The highest BCUT2D eigenvalue weighted by atomic mass is 16.6. The highest BCUT2D eigenvalue weighted by Crippen LogP contribution is 2.40. The maximum absolute atomic E-state index is 12.9. The molecule has 2 aromatic rings. The molecule has 2 aromatic carbocycles. The summed E-state index contributed by atoms with van der Waals surface area (Å²) in [6.07, 6.45) is 15.3. The Morgan fingerprint density at radius 1 is 0.481 bits per heavy atom. The van der Waals surface area contributed by atoms with Crippen molar-refractivity contribution < 1.29 is 47.5 Å². The van der Waals surface area contributed by atoms with Gasteiger partial charge in [-0.3, -0.25) is 9.59 Å². The topological polar surface area (TPSA) is 115 Å². The summed E-state index contributed by atoms with van der Waals surface area (Å²) in [7, 11) is 0. The highest BCUT2D eigenvalue weighted by Gasteiger charge is 2.44. The molecule has 10 nitrogen and oxygen atoms in total. The van der Waals surface area contributed by atoms with E-state index in [4.69, 9.17) is 37.9 Å². The van der Waals surface area contributed by atoms with Crippen molar-refractivity contribution in [3.05, 3.63) is 48.5 Å². The number of rotatable bonds is 20. The monoisotopic (exact) mass is 720 g/mol. The Hall–Kier alpha value is -3.18. The quantitative estimate of drug-likeness (QED) is 0.0590. The van der Waals surface area contributed by atoms with Crippen LogP contribution in [0.25, 0.3) is 0 Å². The molecule has 3 aliphatic carbocycles. The Labute approximate surface area is 308 Å². The van der Waals surface area contributed by atoms with Crippen molar-refractivity contribution in [3.63, 3.8) is 0 Å². The maximum Gasteiger partial charge on any atom is 0.314 e. The van der Waals surface area contributed by atoms with Gasteiger partial charge in [-0.25, -0.2) is 0 Å². The summed E-state index contributed by atoms with van der Waals surface area (Å²) < 4.78 is 46.0. The first-order valence-electron chi connectivity index (χ1n) is 19.9. The number of fused-ring (bicyclic) bond motifs is 2. The standard InChI is InChI=1S/C42H56O10/c43-41(49-35-15-11-33(12-16-35)47-23-3-1-21-45-27-29-5-19-37-39(25-29)51-37)31-7-9-32(10-8-31)42(44)50-36-17-13-34(14-18-36)48-24-4-2-22-46-28-30-6-20-38-40(26-30)52-38/h11-18,29-32,37-40H,1-10,19-28H2. The average molecular weight is 721 g/mol. The molecule has 0 amide bonds. The molecule has 6 atom stereocenters. The average Bonchev–Trinajstić information content (AvgIpc) is 4.11. The van der Waals surface area contributed by atoms with Crippen LogP contribution in [0.5, 0.6) is 23.0 Å². The van der Waals surface area contributed by atoms with Crippen LogP contribution < -0.4 is 18.9 Å². The molecule has 2 saturated heterocycles. The third-order valence-electron chi connectivity index (χ3n) is 11.3. The van der Waals surface area contributed by atoms with Crippen LogP contribution in [0, 0.1) is 23.7 Å². The smallest absolute Gasteiger partial charge is 0.314 e. The SMILES string of the molecule is O=C(Oc1ccc(OCCCCOCC2CCC3OC3C2)cc1)C1CCC(C(=O)Oc2ccc(OCCCCOCC3CCC4OC4C3)cc2)CC1. The van der Waals surface area contributed by atoms with Crippen molar-refractivity contribution in [2.75, 3.05) is 39.6 Å². The molecule has 2 aliphatic heterocycles. The summed E-state index contributed by atoms with van der Waals surface area (Å²) in [5.74, 6) is 2.79. The van der Waals surface area contributed by atoms with Crippen molar-refractivity contribution in [2.45, 2.75) is 114 Å². The van der Waals surface area contributed by atoms with Crippen molar-refractivity contribution in [2.24, 2.45) is 23.7 Å². The zero-order chi connectivity index (χ0) is 35.5. The zero-order valence-corrected chi connectivity index (χ0v) is 30.5. The van der Waals surface area contributed by atoms with Gasteiger partial charge in [0.05, 0.1) is 49.5 Å². The van der Waals surface area contributed by atoms with E-state index in [-0.39, 0.29) is 23.8 Å². The number of hydrogen-bond acceptors (Lipinski definition) is 10. The van der Waals surface area contributed by atoms with Gasteiger partial charge in [0.2, 0.25) is 0 Å². The molecule has 5 aliphatic rings. The summed E-state index contributed by atoms with van der Waals surface area (Å²) >= 11 is 0. The highest BCUT2D eigenvalue weighted by molar-refractivity contribution is 5.77. The third kappa shape index (κ3) is 11.4. The zero-order valence-electron chi connectivity index (χ0n) is 30.5. The summed E-state index contributed by atoms with van der Waals surface area (Å²) in [6.45, 7) is 4.42. The Kier molecular flexibility index (Phi) is 13.4. The number of benzene rings is 2. The molecule has 7 rings (SSSR count). The molecule has 0 spiro atoms. The molecule has 0 bridgehead atoms. The van der Waals surface area contributed by atoms with E-state index < -0.39 is 0 Å². The number of carbonyl (C=O) groups is 2. The first-order chi connectivity index (χ1) is 25.6. The van der Waals surface area contributed by atoms with Crippen LogP contribution in [0.15, 0.2) is 48.5 Å². The third-order valence-corrected chi connectivity index (χ3v) is 11.3. The molecule has 0 N–H and O–H groups in total. The minimum absolute atomic E-state index is 0.236. The fourth-order valence-electron chi connectivity index (χ4n) is 7.94. The van der Waals surface area contributed by atoms with Gasteiger partial charge in [-0.2, -0.15) is 0 Å². The van der Waals surface area contributed by atoms with Gasteiger partial charge in [-0.1, -0.05) is 0 Å². The van der Waals surface area contributed by atoms with E-state index in [1.54, 1.807) is 24.3 Å². The van der Waals surface area contributed by atoms with Gasteiger partial charge in [-0.05, 0) is 150 Å². The predicted octanol–water partition coefficient (Wildman–Crippen LogP) is 7.49. The summed E-state index contributed by atoms with van der Waals surface area (Å²) in [6, 6.07) is 14.4. The molecular weight excluding hydrogens is 664 g/mol. The number of ether oxygens (including phenoxy) is 8. The maximum atomic E-state index is 12.9. The summed E-state index contributed by atoms with van der Waals surface area (Å²) in [5.41, 5.74) is 0. The minimum Gasteiger partial charge on any atom is -0.494 e. The van der Waals surface area contributed by atoms with Gasteiger partial charge < -0.3 is 37.9 Å². The van der Waals surface area contributed by atoms with Gasteiger partial charge in [0, 0.05) is 26.4 Å². The van der Waals surface area contributed by atoms with Gasteiger partial charge in [0.1, 0.15) is 23.0 Å². The van der Waals surface area contributed by atoms with Crippen LogP contribution in [0.2, 0.25) is 0 Å². The second kappa shape index (κ2) is 18.7. The van der Waals surface area contributed by atoms with E-state index in [9.17, 15) is 9.59 Å². The second-order valence-electron chi connectivity index (χ2n) is 15.4. The van der Waals surface area contributed by atoms with Crippen LogP contribution in [0.4, 0.5) is 0 Å². The molecule has 3 saturated carbocycles. The lowest BCUT2D eigenvalue weighted by molar-refractivity contribution is -0.145. The molecule has 6 unspecified atom stereocenters. The van der Waals surface area contributed by atoms with Crippen molar-refractivity contribution >= 4 is 11.9 Å². The largest absolute Gasteiger partial charge is 0.494 e. The van der Waals surface area contributed by atoms with Crippen LogP contribution in [-0.4, -0.2) is 76.0 Å². The Morgan fingerprint density at radius 3 is 1.27 bits per heavy atom. The number of esters is 2. The molecule has 10 heteroatoms. The molecule has 52 heavy (non-hydrogen) atoms. The van der Waals surface area contributed by atoms with Crippen LogP contribution in [0.3, 0.4) is 0 Å². The van der Waals surface area contributed by atoms with Crippen molar-refractivity contribution in [1.29, 1.82) is 0 Å². The van der Waals surface area contributed by atoms with Crippen LogP contribution >= 0.6 is 0 Å². The van der Waals surface area contributed by atoms with Gasteiger partial charge in [-0.15, -0.1) is 0 Å². The minimum atomic E-state index is -0.257. The molecule has 0 radical (unpaired) electrons. The molecule has 2 heterocycles. The van der Waals surface area contributed by atoms with E-state index >= 15 is 0 Å². The number of unbranched alkanes of at least 4 members (excludes halogenated alkanes) is 2. The molecule has 5 fully saturated rings. The Bertz CT molecular complexity index is 1300. The second-order valence-corrected chi connectivity index (χ2v) is 15.4. The fraction of sp³-hybridized carbons (Fsp3) is 0.667. The first-order valence-corrected chi connectivity index (χ1v) is 19.9. The van der Waals surface area contributed by atoms with E-state index in [1.807, 2.05) is 24.3 Å². The number of carbonyl (C=O) groups excluding carboxylic acids is 2. The molecular formula is C42H56O10.